The van der Waals surface area contributed by atoms with Crippen molar-refractivity contribution >= 4 is 98.4 Å². The quantitative estimate of drug-likeness (QED) is 0.178. The maximum absolute atomic E-state index is 5.60. The zero-order valence-electron chi connectivity index (χ0n) is 33.5. The summed E-state index contributed by atoms with van der Waals surface area (Å²) in [6, 6.07) is 65.2. The number of hydrogen-bond acceptors (Lipinski definition) is 3. The molecule has 0 saturated heterocycles. The Morgan fingerprint density at radius 3 is 1.48 bits per heavy atom. The number of fused-ring (bicyclic) bond motifs is 14. The molecule has 0 aliphatic heterocycles. The number of para-hydroxylation sites is 6. The largest absolute Gasteiger partial charge is 0.309 e. The molecule has 0 atom stereocenters. The van der Waals surface area contributed by atoms with E-state index in [1.165, 1.54) is 37.8 Å². The van der Waals surface area contributed by atoms with Crippen molar-refractivity contribution in [3.05, 3.63) is 188 Å². The van der Waals surface area contributed by atoms with Gasteiger partial charge in [-0.2, -0.15) is 0 Å². The molecule has 0 unspecified atom stereocenters. The van der Waals surface area contributed by atoms with Crippen molar-refractivity contribution in [3.63, 3.8) is 0 Å². The van der Waals surface area contributed by atoms with E-state index >= 15 is 0 Å². The van der Waals surface area contributed by atoms with E-state index in [-0.39, 0.29) is 0 Å². The molecule has 0 amide bonds. The molecular formula is C54H34N8. The molecule has 0 bridgehead atoms. The molecule has 290 valence electrons. The molecule has 0 saturated carbocycles. The van der Waals surface area contributed by atoms with Crippen LogP contribution >= 0.6 is 0 Å². The number of nitrogens with zero attached hydrogens (tertiary/aromatic N) is 8. The van der Waals surface area contributed by atoms with Crippen molar-refractivity contribution in [2.75, 3.05) is 0 Å². The molecule has 0 radical (unpaired) electrons. The molecule has 8 nitrogen and oxygen atoms in total. The lowest BCUT2D eigenvalue weighted by atomic mass is 10.1. The summed E-state index contributed by atoms with van der Waals surface area (Å²) >= 11 is 0. The van der Waals surface area contributed by atoms with E-state index in [1.54, 1.807) is 6.33 Å². The number of imidazole rings is 1. The van der Waals surface area contributed by atoms with Gasteiger partial charge >= 0.3 is 0 Å². The molecule has 14 aromatic rings. The lowest BCUT2D eigenvalue weighted by Gasteiger charge is -2.09. The summed E-state index contributed by atoms with van der Waals surface area (Å²) in [6.45, 7) is 0. The van der Waals surface area contributed by atoms with Gasteiger partial charge in [0.1, 0.15) is 6.33 Å². The van der Waals surface area contributed by atoms with E-state index in [0.717, 1.165) is 83.7 Å². The standard InChI is InChI=1S/C54H34N8/c1-58-52-50(57-54(58)62-44-26-14-8-20-35(44)38-28-29-46-49(51(38)62)39-23-11-15-27-45(39)59(46)33-16-4-2-5-17-33)53(56-32-55-52)61-43-25-13-10-22-37(43)41-30-47-40(31-48(41)61)36-21-9-12-24-42(36)60(47)34-18-6-3-7-19-34/h2-32H,1H3. The Hall–Kier alpha value is -8.49. The number of benzene rings is 8. The lowest BCUT2D eigenvalue weighted by Crippen LogP contribution is -2.03. The summed E-state index contributed by atoms with van der Waals surface area (Å²) in [7, 11) is 2.07. The molecule has 0 spiro atoms. The first-order valence-electron chi connectivity index (χ1n) is 20.9. The van der Waals surface area contributed by atoms with E-state index in [4.69, 9.17) is 15.0 Å². The summed E-state index contributed by atoms with van der Waals surface area (Å²) in [5, 5.41) is 9.38. The van der Waals surface area contributed by atoms with Crippen molar-refractivity contribution < 1.29 is 0 Å². The third-order valence-corrected chi connectivity index (χ3v) is 13.0. The van der Waals surface area contributed by atoms with Crippen LogP contribution in [0.4, 0.5) is 0 Å². The summed E-state index contributed by atoms with van der Waals surface area (Å²) in [5.74, 6) is 1.51. The first kappa shape index (κ1) is 33.4. The number of rotatable bonds is 4. The van der Waals surface area contributed by atoms with Crippen LogP contribution in [0, 0.1) is 0 Å². The van der Waals surface area contributed by atoms with Gasteiger partial charge in [-0.15, -0.1) is 0 Å². The second kappa shape index (κ2) is 12.3. The first-order valence-corrected chi connectivity index (χ1v) is 20.9. The van der Waals surface area contributed by atoms with E-state index < -0.39 is 0 Å². The maximum atomic E-state index is 5.60. The minimum Gasteiger partial charge on any atom is -0.309 e. The van der Waals surface area contributed by atoms with Crippen molar-refractivity contribution in [2.24, 2.45) is 7.05 Å². The molecule has 0 aliphatic rings. The predicted octanol–water partition coefficient (Wildman–Crippen LogP) is 12.8. The number of hydrogen-bond donors (Lipinski definition) is 0. The number of aryl methyl sites for hydroxylation is 1. The monoisotopic (exact) mass is 794 g/mol. The normalized spacial score (nSPS) is 12.3. The lowest BCUT2D eigenvalue weighted by molar-refractivity contribution is 0.860. The zero-order valence-corrected chi connectivity index (χ0v) is 33.5. The smallest absolute Gasteiger partial charge is 0.216 e. The Balaban J connectivity index is 1.08. The van der Waals surface area contributed by atoms with Gasteiger partial charge in [0.05, 0.1) is 44.1 Å². The van der Waals surface area contributed by atoms with Gasteiger partial charge in [-0.1, -0.05) is 115 Å². The van der Waals surface area contributed by atoms with Crippen molar-refractivity contribution in [2.45, 2.75) is 0 Å². The van der Waals surface area contributed by atoms with Gasteiger partial charge in [-0.25, -0.2) is 15.0 Å². The predicted molar refractivity (Wildman–Crippen MR) is 254 cm³/mol. The Kier molecular flexibility index (Phi) is 6.61. The molecule has 6 aromatic heterocycles. The molecule has 0 N–H and O–H groups in total. The van der Waals surface area contributed by atoms with Crippen molar-refractivity contribution in [1.29, 1.82) is 0 Å². The molecule has 6 heterocycles. The van der Waals surface area contributed by atoms with Gasteiger partial charge in [-0.3, -0.25) is 13.7 Å². The Morgan fingerprint density at radius 2 is 0.855 bits per heavy atom. The Bertz CT molecular complexity index is 4160. The van der Waals surface area contributed by atoms with Crippen LogP contribution in [0.25, 0.3) is 122 Å². The minimum atomic E-state index is 0.726. The van der Waals surface area contributed by atoms with E-state index in [1.807, 2.05) is 0 Å². The maximum Gasteiger partial charge on any atom is 0.216 e. The summed E-state index contributed by atoms with van der Waals surface area (Å²) in [5.41, 5.74) is 12.7. The topological polar surface area (TPSA) is 63.3 Å². The van der Waals surface area contributed by atoms with Gasteiger partial charge in [-0.05, 0) is 66.7 Å². The van der Waals surface area contributed by atoms with Crippen molar-refractivity contribution in [3.8, 4) is 23.1 Å². The van der Waals surface area contributed by atoms with Crippen LogP contribution in [-0.4, -0.2) is 37.8 Å². The minimum absolute atomic E-state index is 0.726. The molecule has 14 rings (SSSR count). The highest BCUT2D eigenvalue weighted by Crippen LogP contribution is 2.43. The first-order chi connectivity index (χ1) is 30.7. The summed E-state index contributed by atoms with van der Waals surface area (Å²) in [4.78, 5) is 15.6. The molecular weight excluding hydrogens is 761 g/mol. The van der Waals surface area contributed by atoms with E-state index in [2.05, 4.69) is 212 Å². The fourth-order valence-corrected chi connectivity index (χ4v) is 10.4. The highest BCUT2D eigenvalue weighted by atomic mass is 15.3. The second-order valence-corrected chi connectivity index (χ2v) is 16.2. The number of aromatic nitrogens is 8. The fourth-order valence-electron chi connectivity index (χ4n) is 10.4. The molecule has 0 fully saturated rings. The molecule has 62 heavy (non-hydrogen) atoms. The molecule has 8 aromatic carbocycles. The average molecular weight is 795 g/mol. The fraction of sp³-hybridized carbons (Fsp3) is 0.0185. The third-order valence-electron chi connectivity index (χ3n) is 13.0. The zero-order chi connectivity index (χ0) is 40.6. The van der Waals surface area contributed by atoms with Gasteiger partial charge in [0.2, 0.25) is 5.95 Å². The summed E-state index contributed by atoms with van der Waals surface area (Å²) in [6.07, 6.45) is 1.68. The van der Waals surface area contributed by atoms with Gasteiger partial charge < -0.3 is 9.13 Å². The average Bonchev–Trinajstić information content (AvgIpc) is 4.11. The van der Waals surface area contributed by atoms with Crippen LogP contribution < -0.4 is 0 Å². The van der Waals surface area contributed by atoms with E-state index in [9.17, 15) is 0 Å². The van der Waals surface area contributed by atoms with E-state index in [0.29, 0.717) is 0 Å². The van der Waals surface area contributed by atoms with Crippen LogP contribution in [0.15, 0.2) is 188 Å². The third kappa shape index (κ3) is 4.32. The SMILES string of the molecule is Cn1c(-n2c3ccccc3c3ccc4c(c5ccccc5n4-c4ccccc4)c32)nc2c(-n3c4ccccc4c4cc5c(cc43)c3ccccc3n5-c3ccccc3)ncnc21. The van der Waals surface area contributed by atoms with Crippen LogP contribution in [-0.2, 0) is 7.05 Å². The Labute approximate surface area is 353 Å². The van der Waals surface area contributed by atoms with Crippen LogP contribution in [0.1, 0.15) is 0 Å². The highest BCUT2D eigenvalue weighted by Gasteiger charge is 2.26. The Morgan fingerprint density at radius 1 is 0.371 bits per heavy atom. The van der Waals surface area contributed by atoms with Gasteiger partial charge in [0, 0.05) is 61.5 Å². The highest BCUT2D eigenvalue weighted by molar-refractivity contribution is 6.26. The van der Waals surface area contributed by atoms with Gasteiger partial charge in [0.25, 0.3) is 0 Å². The second-order valence-electron chi connectivity index (χ2n) is 16.2. The summed E-state index contributed by atoms with van der Waals surface area (Å²) < 4.78 is 11.5. The van der Waals surface area contributed by atoms with Crippen LogP contribution in [0.5, 0.6) is 0 Å². The van der Waals surface area contributed by atoms with Crippen molar-refractivity contribution in [1.82, 2.24) is 37.8 Å². The molecule has 0 aliphatic carbocycles. The van der Waals surface area contributed by atoms with Gasteiger partial charge in [0.15, 0.2) is 17.0 Å². The van der Waals surface area contributed by atoms with Crippen LogP contribution in [0.3, 0.4) is 0 Å². The van der Waals surface area contributed by atoms with Crippen LogP contribution in [0.2, 0.25) is 0 Å². The molecule has 8 heteroatoms.